The third kappa shape index (κ3) is 6.35. The largest absolute Gasteiger partial charge is 0.588 e. The lowest BCUT2D eigenvalue weighted by atomic mass is 9.45. The third-order valence-electron chi connectivity index (χ3n) is 12.7. The minimum Gasteiger partial charge on any atom is -0.588 e. The topological polar surface area (TPSA) is 64.2 Å². The molecule has 1 aromatic carbocycles. The molecule has 5 rings (SSSR count). The van der Waals surface area contributed by atoms with Crippen LogP contribution in [-0.2, 0) is 16.8 Å². The Bertz CT molecular complexity index is 1030. The highest BCUT2D eigenvalue weighted by Crippen LogP contribution is 2.67. The molecule has 6 heteroatoms. The predicted octanol–water partition coefficient (Wildman–Crippen LogP) is 8.86. The second-order valence-corrected chi connectivity index (χ2v) is 16.5. The van der Waals surface area contributed by atoms with Gasteiger partial charge in [0.2, 0.25) is 0 Å². The van der Waals surface area contributed by atoms with E-state index in [0.717, 1.165) is 48.0 Å². The number of carbonyl (C=O) groups excluding carboxylic acids is 1. The van der Waals surface area contributed by atoms with E-state index in [1.165, 1.54) is 77.0 Å². The van der Waals surface area contributed by atoms with Gasteiger partial charge in [-0.3, -0.25) is 4.39 Å². The summed E-state index contributed by atoms with van der Waals surface area (Å²) in [5.41, 5.74) is 1.44. The Morgan fingerprint density at radius 1 is 0.951 bits per heavy atom. The molecule has 0 aromatic heterocycles. The van der Waals surface area contributed by atoms with Gasteiger partial charge in [-0.2, -0.15) is 0 Å². The maximum absolute atomic E-state index is 13.2. The van der Waals surface area contributed by atoms with Gasteiger partial charge in [-0.1, -0.05) is 65.5 Å². The van der Waals surface area contributed by atoms with E-state index in [1.807, 2.05) is 13.8 Å². The van der Waals surface area contributed by atoms with Gasteiger partial charge < -0.3 is 9.87 Å². The normalized spacial score (nSPS) is 35.6. The first-order valence-electron chi connectivity index (χ1n) is 16.7. The van der Waals surface area contributed by atoms with E-state index in [9.17, 15) is 13.7 Å². The molecule has 8 unspecified atom stereocenters. The SMILES string of the molecule is CC(C)(CF)c1ccc([S+]([O-])NC(=O)NCCCCCC2CCC3C4CCC5CCCCC5(C)C4CCC23C)cc1. The number of benzene rings is 1. The van der Waals surface area contributed by atoms with E-state index in [-0.39, 0.29) is 0 Å². The van der Waals surface area contributed by atoms with Crippen LogP contribution in [0.15, 0.2) is 29.2 Å². The third-order valence-corrected chi connectivity index (χ3v) is 13.7. The molecule has 4 aliphatic carbocycles. The number of rotatable bonds is 10. The number of amides is 2. The lowest BCUT2D eigenvalue weighted by Gasteiger charge is -2.60. The maximum atomic E-state index is 13.2. The summed E-state index contributed by atoms with van der Waals surface area (Å²) in [5, 5.41) is 2.87. The fourth-order valence-corrected chi connectivity index (χ4v) is 10.8. The Hall–Kier alpha value is -1.27. The minimum atomic E-state index is -1.63. The molecular formula is C35H55FN2O2S. The van der Waals surface area contributed by atoms with Crippen molar-refractivity contribution < 1.29 is 13.7 Å². The summed E-state index contributed by atoms with van der Waals surface area (Å²) in [6.07, 6.45) is 19.3. The van der Waals surface area contributed by atoms with E-state index in [0.29, 0.717) is 22.3 Å². The molecule has 4 aliphatic rings. The Morgan fingerprint density at radius 3 is 2.46 bits per heavy atom. The van der Waals surface area contributed by atoms with Crippen molar-refractivity contribution >= 4 is 17.4 Å². The van der Waals surface area contributed by atoms with Crippen molar-refractivity contribution in [3.05, 3.63) is 29.8 Å². The van der Waals surface area contributed by atoms with E-state index in [4.69, 9.17) is 0 Å². The fraction of sp³-hybridized carbons (Fsp3) is 0.800. The standard InChI is InChI=1S/C35H55FN2O2S/c1-33(2,24-36)25-12-16-28(17-13-25)41(40)38-32(39)37-23-9-5-6-10-27-15-19-30-29-18-14-26-11-7-8-21-34(26,3)31(29)20-22-35(27,30)4/h12-13,16-17,26-27,29-31H,5-11,14-15,18-24H2,1-4H3,(H2,37,38,39). The summed E-state index contributed by atoms with van der Waals surface area (Å²) >= 11 is -1.63. The molecule has 0 spiro atoms. The molecule has 2 amide bonds. The van der Waals surface area contributed by atoms with Gasteiger partial charge in [0.05, 0.1) is 6.67 Å². The van der Waals surface area contributed by atoms with E-state index >= 15 is 0 Å². The number of nitrogens with one attached hydrogen (secondary N) is 2. The molecule has 230 valence electrons. The van der Waals surface area contributed by atoms with Crippen molar-refractivity contribution in [2.75, 3.05) is 13.2 Å². The van der Waals surface area contributed by atoms with Crippen LogP contribution >= 0.6 is 0 Å². The van der Waals surface area contributed by atoms with Crippen molar-refractivity contribution in [1.82, 2.24) is 10.0 Å². The van der Waals surface area contributed by atoms with E-state index in [1.54, 1.807) is 24.3 Å². The Balaban J connectivity index is 1.01. The zero-order valence-corrected chi connectivity index (χ0v) is 26.9. The first kappa shape index (κ1) is 31.2. The highest BCUT2D eigenvalue weighted by atomic mass is 32.2. The van der Waals surface area contributed by atoms with Crippen LogP contribution in [0, 0.1) is 40.4 Å². The van der Waals surface area contributed by atoms with Gasteiger partial charge in [-0.15, -0.1) is 4.72 Å². The zero-order valence-electron chi connectivity index (χ0n) is 26.1. The van der Waals surface area contributed by atoms with Crippen LogP contribution in [0.4, 0.5) is 9.18 Å². The molecule has 0 aliphatic heterocycles. The van der Waals surface area contributed by atoms with E-state index in [2.05, 4.69) is 23.9 Å². The smallest absolute Gasteiger partial charge is 0.356 e. The summed E-state index contributed by atoms with van der Waals surface area (Å²) in [4.78, 5) is 12.8. The molecule has 1 aromatic rings. The van der Waals surface area contributed by atoms with Crippen molar-refractivity contribution in [2.45, 2.75) is 128 Å². The van der Waals surface area contributed by atoms with Gasteiger partial charge >= 0.3 is 6.03 Å². The van der Waals surface area contributed by atoms with Crippen molar-refractivity contribution in [3.8, 4) is 0 Å². The first-order chi connectivity index (χ1) is 19.6. The van der Waals surface area contributed by atoms with Crippen molar-refractivity contribution in [1.29, 1.82) is 0 Å². The molecule has 4 fully saturated rings. The van der Waals surface area contributed by atoms with Gasteiger partial charge in [0.1, 0.15) is 11.4 Å². The zero-order chi connectivity index (χ0) is 29.3. The average Bonchev–Trinajstić information content (AvgIpc) is 3.30. The average molecular weight is 587 g/mol. The number of hydrogen-bond acceptors (Lipinski definition) is 2. The molecule has 4 saturated carbocycles. The highest BCUT2D eigenvalue weighted by molar-refractivity contribution is 7.90. The fourth-order valence-electron chi connectivity index (χ4n) is 10.1. The van der Waals surface area contributed by atoms with E-state index < -0.39 is 29.5 Å². The molecule has 0 radical (unpaired) electrons. The maximum Gasteiger partial charge on any atom is 0.356 e. The van der Waals surface area contributed by atoms with Gasteiger partial charge in [-0.25, -0.2) is 4.79 Å². The summed E-state index contributed by atoms with van der Waals surface area (Å²) in [6, 6.07) is 6.57. The lowest BCUT2D eigenvalue weighted by Crippen LogP contribution is -2.52. The highest BCUT2D eigenvalue weighted by Gasteiger charge is 2.59. The van der Waals surface area contributed by atoms with Gasteiger partial charge in [0, 0.05) is 12.0 Å². The molecule has 0 heterocycles. The molecule has 0 bridgehead atoms. The Labute approximate surface area is 252 Å². The second-order valence-electron chi connectivity index (χ2n) is 15.2. The van der Waals surface area contributed by atoms with Crippen LogP contribution in [0.2, 0.25) is 0 Å². The summed E-state index contributed by atoms with van der Waals surface area (Å²) in [5.74, 6) is 4.78. The summed E-state index contributed by atoms with van der Waals surface area (Å²) < 4.78 is 28.3. The lowest BCUT2D eigenvalue weighted by molar-refractivity contribution is -0.111. The molecule has 8 atom stereocenters. The molecule has 0 saturated heterocycles. The predicted molar refractivity (Wildman–Crippen MR) is 167 cm³/mol. The van der Waals surface area contributed by atoms with Crippen LogP contribution in [0.25, 0.3) is 0 Å². The van der Waals surface area contributed by atoms with Crippen LogP contribution in [0.1, 0.15) is 123 Å². The quantitative estimate of drug-likeness (QED) is 0.212. The van der Waals surface area contributed by atoms with Gasteiger partial charge in [-0.05, 0) is 122 Å². The first-order valence-corrected chi connectivity index (χ1v) is 17.9. The number of fused-ring (bicyclic) bond motifs is 5. The number of hydrogen-bond donors (Lipinski definition) is 2. The Kier molecular flexibility index (Phi) is 9.70. The Morgan fingerprint density at radius 2 is 1.71 bits per heavy atom. The van der Waals surface area contributed by atoms with Gasteiger partial charge in [0.25, 0.3) is 0 Å². The molecule has 2 N–H and O–H groups in total. The minimum absolute atomic E-state index is 0.402. The monoisotopic (exact) mass is 586 g/mol. The molecule has 4 nitrogen and oxygen atoms in total. The molecular weight excluding hydrogens is 531 g/mol. The second kappa shape index (κ2) is 12.8. The number of urea groups is 1. The number of halogens is 1. The molecule has 41 heavy (non-hydrogen) atoms. The van der Waals surface area contributed by atoms with Crippen molar-refractivity contribution in [3.63, 3.8) is 0 Å². The van der Waals surface area contributed by atoms with Crippen LogP contribution < -0.4 is 10.0 Å². The summed E-state index contributed by atoms with van der Waals surface area (Å²) in [6.45, 7) is 9.15. The summed E-state index contributed by atoms with van der Waals surface area (Å²) in [7, 11) is 0. The van der Waals surface area contributed by atoms with Crippen LogP contribution in [0.3, 0.4) is 0 Å². The number of alkyl halides is 1. The van der Waals surface area contributed by atoms with Gasteiger partial charge in [0.15, 0.2) is 4.90 Å². The number of carbonyl (C=O) groups is 1. The van der Waals surface area contributed by atoms with Crippen molar-refractivity contribution in [2.24, 2.45) is 40.4 Å². The van der Waals surface area contributed by atoms with Crippen LogP contribution in [-0.4, -0.2) is 23.8 Å². The number of unbranched alkanes of at least 4 members (excludes halogenated alkanes) is 2. The van der Waals surface area contributed by atoms with Crippen LogP contribution in [0.5, 0.6) is 0 Å².